The third-order valence-corrected chi connectivity index (χ3v) is 2.76. The number of halogens is 2. The van der Waals surface area contributed by atoms with Crippen LogP contribution in [0.1, 0.15) is 17.9 Å². The molecule has 0 radical (unpaired) electrons. The highest BCUT2D eigenvalue weighted by molar-refractivity contribution is 6.31. The molecule has 0 saturated carbocycles. The summed E-state index contributed by atoms with van der Waals surface area (Å²) in [5.41, 5.74) is 6.75. The highest BCUT2D eigenvalue weighted by Crippen LogP contribution is 2.37. The van der Waals surface area contributed by atoms with Crippen LogP contribution in [-0.4, -0.2) is 13.2 Å². The van der Waals surface area contributed by atoms with E-state index in [-0.39, 0.29) is 12.4 Å². The van der Waals surface area contributed by atoms with Gasteiger partial charge in [-0.25, -0.2) is 0 Å². The minimum atomic E-state index is 0. The van der Waals surface area contributed by atoms with Gasteiger partial charge in [-0.15, -0.1) is 12.4 Å². The number of ether oxygens (including phenoxy) is 1. The Labute approximate surface area is 94.8 Å². The maximum absolute atomic E-state index is 6.08. The Balaban J connectivity index is 0.000000980. The number of fused-ring (bicyclic) bond motifs is 1. The van der Waals surface area contributed by atoms with Crippen LogP contribution in [0.25, 0.3) is 0 Å². The zero-order valence-electron chi connectivity index (χ0n) is 7.70. The highest BCUT2D eigenvalue weighted by Gasteiger charge is 2.22. The Morgan fingerprint density at radius 3 is 3.00 bits per heavy atom. The Morgan fingerprint density at radius 1 is 1.50 bits per heavy atom. The SMILES string of the molecule is Cl.NCC1CCOc2cccc(Cl)c21. The smallest absolute Gasteiger partial charge is 0.124 e. The van der Waals surface area contributed by atoms with E-state index in [4.69, 9.17) is 22.1 Å². The molecule has 1 heterocycles. The van der Waals surface area contributed by atoms with Crippen LogP contribution < -0.4 is 10.5 Å². The molecule has 1 aliphatic heterocycles. The predicted octanol–water partition coefficient (Wildman–Crippen LogP) is 2.59. The highest BCUT2D eigenvalue weighted by atomic mass is 35.5. The Bertz CT molecular complexity index is 317. The summed E-state index contributed by atoms with van der Waals surface area (Å²) < 4.78 is 5.50. The topological polar surface area (TPSA) is 35.2 Å². The van der Waals surface area contributed by atoms with Crippen molar-refractivity contribution in [2.24, 2.45) is 5.73 Å². The van der Waals surface area contributed by atoms with Gasteiger partial charge in [-0.3, -0.25) is 0 Å². The molecule has 0 saturated heterocycles. The molecule has 1 aromatic rings. The zero-order valence-corrected chi connectivity index (χ0v) is 9.27. The second-order valence-corrected chi connectivity index (χ2v) is 3.63. The van der Waals surface area contributed by atoms with E-state index in [1.807, 2.05) is 18.2 Å². The van der Waals surface area contributed by atoms with Crippen LogP contribution in [0.4, 0.5) is 0 Å². The maximum Gasteiger partial charge on any atom is 0.124 e. The van der Waals surface area contributed by atoms with Gasteiger partial charge in [0.15, 0.2) is 0 Å². The van der Waals surface area contributed by atoms with E-state index in [1.165, 1.54) is 0 Å². The van der Waals surface area contributed by atoms with Gasteiger partial charge in [-0.2, -0.15) is 0 Å². The summed E-state index contributed by atoms with van der Waals surface area (Å²) in [6.07, 6.45) is 0.966. The molecule has 0 fully saturated rings. The second kappa shape index (κ2) is 4.87. The fourth-order valence-electron chi connectivity index (χ4n) is 1.73. The Kier molecular flexibility index (Phi) is 4.05. The molecular weight excluding hydrogens is 221 g/mol. The first-order valence-corrected chi connectivity index (χ1v) is 4.82. The van der Waals surface area contributed by atoms with Crippen molar-refractivity contribution in [2.75, 3.05) is 13.2 Å². The third-order valence-electron chi connectivity index (χ3n) is 2.43. The summed E-state index contributed by atoms with van der Waals surface area (Å²) in [5.74, 6) is 1.26. The Morgan fingerprint density at radius 2 is 2.29 bits per heavy atom. The molecule has 0 bridgehead atoms. The molecule has 1 aliphatic rings. The van der Waals surface area contributed by atoms with Crippen molar-refractivity contribution in [3.8, 4) is 5.75 Å². The normalized spacial score (nSPS) is 19.1. The van der Waals surface area contributed by atoms with Gasteiger partial charge in [0.2, 0.25) is 0 Å². The van der Waals surface area contributed by atoms with Crippen molar-refractivity contribution in [2.45, 2.75) is 12.3 Å². The van der Waals surface area contributed by atoms with E-state index in [1.54, 1.807) is 0 Å². The molecule has 2 rings (SSSR count). The van der Waals surface area contributed by atoms with E-state index in [2.05, 4.69) is 0 Å². The largest absolute Gasteiger partial charge is 0.493 e. The summed E-state index contributed by atoms with van der Waals surface area (Å²) in [7, 11) is 0. The summed E-state index contributed by atoms with van der Waals surface area (Å²) in [6.45, 7) is 1.38. The molecular formula is C10H13Cl2NO. The standard InChI is InChI=1S/C10H12ClNO.ClH/c11-8-2-1-3-9-10(8)7(6-12)4-5-13-9;/h1-3,7H,4-6,12H2;1H. The number of nitrogens with two attached hydrogens (primary N) is 1. The molecule has 2 N–H and O–H groups in total. The van der Waals surface area contributed by atoms with Gasteiger partial charge in [0, 0.05) is 16.5 Å². The fraction of sp³-hybridized carbons (Fsp3) is 0.400. The first kappa shape index (κ1) is 11.6. The van der Waals surface area contributed by atoms with Gasteiger partial charge in [-0.1, -0.05) is 17.7 Å². The molecule has 14 heavy (non-hydrogen) atoms. The molecule has 0 amide bonds. The van der Waals surface area contributed by atoms with Gasteiger partial charge in [0.25, 0.3) is 0 Å². The third kappa shape index (κ3) is 1.97. The number of hydrogen-bond acceptors (Lipinski definition) is 2. The van der Waals surface area contributed by atoms with E-state index in [0.717, 1.165) is 29.4 Å². The van der Waals surface area contributed by atoms with Gasteiger partial charge in [0.05, 0.1) is 6.61 Å². The summed E-state index contributed by atoms with van der Waals surface area (Å²) in [4.78, 5) is 0. The molecule has 0 aromatic heterocycles. The van der Waals surface area contributed by atoms with Crippen molar-refractivity contribution in [3.05, 3.63) is 28.8 Å². The lowest BCUT2D eigenvalue weighted by Gasteiger charge is -2.25. The average Bonchev–Trinajstić information content (AvgIpc) is 2.17. The van der Waals surface area contributed by atoms with E-state index in [9.17, 15) is 0 Å². The second-order valence-electron chi connectivity index (χ2n) is 3.22. The number of benzene rings is 1. The molecule has 0 spiro atoms. The van der Waals surface area contributed by atoms with Crippen LogP contribution in [0.15, 0.2) is 18.2 Å². The number of hydrogen-bond donors (Lipinski definition) is 1. The molecule has 78 valence electrons. The number of rotatable bonds is 1. The first-order valence-electron chi connectivity index (χ1n) is 4.44. The van der Waals surface area contributed by atoms with Crippen LogP contribution in [0, 0.1) is 0 Å². The van der Waals surface area contributed by atoms with Crippen molar-refractivity contribution < 1.29 is 4.74 Å². The van der Waals surface area contributed by atoms with Crippen LogP contribution in [0.3, 0.4) is 0 Å². The first-order chi connectivity index (χ1) is 6.33. The maximum atomic E-state index is 6.08. The molecule has 0 aliphatic carbocycles. The van der Waals surface area contributed by atoms with Gasteiger partial charge < -0.3 is 10.5 Å². The lowest BCUT2D eigenvalue weighted by Crippen LogP contribution is -2.21. The van der Waals surface area contributed by atoms with Crippen molar-refractivity contribution in [1.29, 1.82) is 0 Å². The predicted molar refractivity (Wildman–Crippen MR) is 60.6 cm³/mol. The van der Waals surface area contributed by atoms with Crippen LogP contribution in [0.5, 0.6) is 5.75 Å². The molecule has 2 nitrogen and oxygen atoms in total. The summed E-state index contributed by atoms with van der Waals surface area (Å²) in [5, 5.41) is 0.771. The van der Waals surface area contributed by atoms with Crippen LogP contribution in [0.2, 0.25) is 5.02 Å². The fourth-order valence-corrected chi connectivity index (χ4v) is 2.05. The van der Waals surface area contributed by atoms with Crippen molar-refractivity contribution in [3.63, 3.8) is 0 Å². The van der Waals surface area contributed by atoms with Gasteiger partial charge in [0.1, 0.15) is 5.75 Å². The van der Waals surface area contributed by atoms with E-state index >= 15 is 0 Å². The summed E-state index contributed by atoms with van der Waals surface area (Å²) in [6, 6.07) is 5.74. The monoisotopic (exact) mass is 233 g/mol. The Hall–Kier alpha value is -0.440. The van der Waals surface area contributed by atoms with E-state index < -0.39 is 0 Å². The molecule has 4 heteroatoms. The van der Waals surface area contributed by atoms with Gasteiger partial charge >= 0.3 is 0 Å². The quantitative estimate of drug-likeness (QED) is 0.810. The van der Waals surface area contributed by atoms with Gasteiger partial charge in [-0.05, 0) is 25.1 Å². The average molecular weight is 234 g/mol. The minimum absolute atomic E-state index is 0. The zero-order chi connectivity index (χ0) is 9.26. The lowest BCUT2D eigenvalue weighted by atomic mass is 9.93. The van der Waals surface area contributed by atoms with Crippen LogP contribution in [-0.2, 0) is 0 Å². The van der Waals surface area contributed by atoms with Crippen LogP contribution >= 0.6 is 24.0 Å². The molecule has 1 unspecified atom stereocenters. The van der Waals surface area contributed by atoms with Crippen molar-refractivity contribution in [1.82, 2.24) is 0 Å². The van der Waals surface area contributed by atoms with E-state index in [0.29, 0.717) is 12.5 Å². The minimum Gasteiger partial charge on any atom is -0.493 e. The summed E-state index contributed by atoms with van der Waals surface area (Å²) >= 11 is 6.08. The van der Waals surface area contributed by atoms with Crippen molar-refractivity contribution >= 4 is 24.0 Å². The molecule has 1 atom stereocenters. The molecule has 1 aromatic carbocycles. The lowest BCUT2D eigenvalue weighted by molar-refractivity contribution is 0.269.